The summed E-state index contributed by atoms with van der Waals surface area (Å²) in [5.41, 5.74) is 0.705. The van der Waals surface area contributed by atoms with Crippen LogP contribution < -0.4 is 5.56 Å². The van der Waals surface area contributed by atoms with Crippen LogP contribution in [-0.4, -0.2) is 17.4 Å². The summed E-state index contributed by atoms with van der Waals surface area (Å²) < 4.78 is 1.61. The predicted octanol–water partition coefficient (Wildman–Crippen LogP) is 1.08. The maximum Gasteiger partial charge on any atom is 0.261 e. The largest absolute Gasteiger partial charge is 0.297 e. The molecular weight excluding hydrogens is 187 g/mol. The smallest absolute Gasteiger partial charge is 0.261 e. The van der Waals surface area contributed by atoms with Crippen LogP contribution in [-0.2, 0) is 12.9 Å². The Morgan fingerprint density at radius 3 is 2.80 bits per heavy atom. The highest BCUT2D eigenvalue weighted by atomic mass is 16.1. The first-order valence-corrected chi connectivity index (χ1v) is 4.96. The van der Waals surface area contributed by atoms with Gasteiger partial charge in [-0.25, -0.2) is 4.98 Å². The van der Waals surface area contributed by atoms with Crippen molar-refractivity contribution in [1.82, 2.24) is 9.55 Å². The molecule has 3 nitrogen and oxygen atoms in total. The Balaban J connectivity index is 2.88. The lowest BCUT2D eigenvalue weighted by Gasteiger charge is -2.09. The first-order valence-electron chi connectivity index (χ1n) is 4.96. The maximum absolute atomic E-state index is 12.0. The molecule has 0 spiro atoms. The molecule has 2 rings (SSSR count). The van der Waals surface area contributed by atoms with E-state index in [4.69, 9.17) is 7.85 Å². The van der Waals surface area contributed by atoms with E-state index in [0.29, 0.717) is 23.3 Å². The third kappa shape index (κ3) is 1.56. The molecule has 1 aromatic heterocycles. The zero-order valence-corrected chi connectivity index (χ0v) is 8.60. The van der Waals surface area contributed by atoms with Crippen molar-refractivity contribution in [3.8, 4) is 0 Å². The number of rotatable bonds is 2. The Labute approximate surface area is 89.2 Å². The average Bonchev–Trinajstić information content (AvgIpc) is 2.29. The Kier molecular flexibility index (Phi) is 2.58. The lowest BCUT2D eigenvalue weighted by Crippen LogP contribution is -2.24. The summed E-state index contributed by atoms with van der Waals surface area (Å²) in [5.74, 6) is 0.640. The highest BCUT2D eigenvalue weighted by Gasteiger charge is 2.06. The summed E-state index contributed by atoms with van der Waals surface area (Å²) in [5, 5.41) is 0.650. The third-order valence-corrected chi connectivity index (χ3v) is 2.44. The fraction of sp³-hybridized carbons (Fsp3) is 0.273. The van der Waals surface area contributed by atoms with E-state index < -0.39 is 0 Å². The van der Waals surface area contributed by atoms with Crippen LogP contribution in [0.25, 0.3) is 10.9 Å². The van der Waals surface area contributed by atoms with Crippen molar-refractivity contribution in [1.29, 1.82) is 0 Å². The Morgan fingerprint density at radius 1 is 1.40 bits per heavy atom. The van der Waals surface area contributed by atoms with Crippen LogP contribution in [0.15, 0.2) is 29.1 Å². The van der Waals surface area contributed by atoms with Crippen LogP contribution in [0.5, 0.6) is 0 Å². The van der Waals surface area contributed by atoms with Gasteiger partial charge in [0.05, 0.1) is 18.7 Å². The van der Waals surface area contributed by atoms with Gasteiger partial charge in [-0.3, -0.25) is 9.36 Å². The maximum atomic E-state index is 12.0. The van der Waals surface area contributed by atoms with E-state index in [2.05, 4.69) is 4.98 Å². The molecule has 0 saturated carbocycles. The van der Waals surface area contributed by atoms with Gasteiger partial charge < -0.3 is 0 Å². The van der Waals surface area contributed by atoms with E-state index in [0.717, 1.165) is 0 Å². The normalized spacial score (nSPS) is 10.7. The van der Waals surface area contributed by atoms with E-state index >= 15 is 0 Å². The third-order valence-electron chi connectivity index (χ3n) is 2.44. The molecule has 0 aliphatic rings. The van der Waals surface area contributed by atoms with Gasteiger partial charge in [0.15, 0.2) is 0 Å². The molecular formula is C11H11BN2O. The van der Waals surface area contributed by atoms with Crippen molar-refractivity contribution in [2.75, 3.05) is 0 Å². The zero-order chi connectivity index (χ0) is 10.8. The number of hydrogen-bond donors (Lipinski definition) is 0. The van der Waals surface area contributed by atoms with Crippen molar-refractivity contribution in [2.24, 2.45) is 0 Å². The SMILES string of the molecule is [B]Cc1nc2ccccc2c(=O)n1CC. The van der Waals surface area contributed by atoms with Crippen molar-refractivity contribution in [2.45, 2.75) is 19.8 Å². The standard InChI is InChI=1S/C11H11BN2O/c1-2-14-10(7-12)13-9-6-4-3-5-8(9)11(14)15/h3-6H,2,7H2,1H3. The fourth-order valence-corrected chi connectivity index (χ4v) is 1.70. The second kappa shape index (κ2) is 3.89. The molecule has 2 aromatic rings. The highest BCUT2D eigenvalue weighted by Crippen LogP contribution is 2.07. The summed E-state index contributed by atoms with van der Waals surface area (Å²) >= 11 is 0. The van der Waals surface area contributed by atoms with Crippen LogP contribution in [0.3, 0.4) is 0 Å². The highest BCUT2D eigenvalue weighted by molar-refractivity contribution is 6.08. The van der Waals surface area contributed by atoms with Gasteiger partial charge in [-0.05, 0) is 25.4 Å². The van der Waals surface area contributed by atoms with Crippen molar-refractivity contribution >= 4 is 18.7 Å². The van der Waals surface area contributed by atoms with E-state index in [1.165, 1.54) is 0 Å². The topological polar surface area (TPSA) is 34.9 Å². The summed E-state index contributed by atoms with van der Waals surface area (Å²) in [7, 11) is 5.56. The molecule has 1 heterocycles. The molecule has 0 aliphatic heterocycles. The molecule has 2 radical (unpaired) electrons. The zero-order valence-electron chi connectivity index (χ0n) is 8.60. The molecule has 0 unspecified atom stereocenters. The van der Waals surface area contributed by atoms with Crippen molar-refractivity contribution in [3.63, 3.8) is 0 Å². The molecule has 4 heteroatoms. The lowest BCUT2D eigenvalue weighted by atomic mass is 10.0. The monoisotopic (exact) mass is 198 g/mol. The summed E-state index contributed by atoms with van der Waals surface area (Å²) in [4.78, 5) is 16.4. The van der Waals surface area contributed by atoms with Gasteiger partial charge in [0.2, 0.25) is 0 Å². The van der Waals surface area contributed by atoms with E-state index in [1.807, 2.05) is 25.1 Å². The van der Waals surface area contributed by atoms with Crippen LogP contribution in [0.4, 0.5) is 0 Å². The van der Waals surface area contributed by atoms with Crippen molar-refractivity contribution < 1.29 is 0 Å². The molecule has 0 amide bonds. The van der Waals surface area contributed by atoms with Gasteiger partial charge in [-0.2, -0.15) is 0 Å². The molecule has 15 heavy (non-hydrogen) atoms. The minimum absolute atomic E-state index is 0.0106. The van der Waals surface area contributed by atoms with E-state index in [9.17, 15) is 4.79 Å². The molecule has 74 valence electrons. The molecule has 0 aliphatic carbocycles. The molecule has 0 fully saturated rings. The molecule has 0 saturated heterocycles. The molecule has 1 aromatic carbocycles. The van der Waals surface area contributed by atoms with Gasteiger partial charge >= 0.3 is 0 Å². The second-order valence-corrected chi connectivity index (χ2v) is 3.30. The summed E-state index contributed by atoms with van der Waals surface area (Å²) in [6.07, 6.45) is 0.286. The predicted molar refractivity (Wildman–Crippen MR) is 61.1 cm³/mol. The quantitative estimate of drug-likeness (QED) is 0.676. The first-order chi connectivity index (χ1) is 7.27. The molecule has 0 atom stereocenters. The number of hydrogen-bond acceptors (Lipinski definition) is 2. The average molecular weight is 198 g/mol. The van der Waals surface area contributed by atoms with E-state index in [1.54, 1.807) is 10.6 Å². The lowest BCUT2D eigenvalue weighted by molar-refractivity contribution is 0.680. The van der Waals surface area contributed by atoms with Gasteiger partial charge in [0.1, 0.15) is 5.82 Å². The van der Waals surface area contributed by atoms with E-state index in [-0.39, 0.29) is 11.9 Å². The molecule has 0 N–H and O–H groups in total. The first kappa shape index (κ1) is 9.96. The van der Waals surface area contributed by atoms with Crippen LogP contribution in [0, 0.1) is 0 Å². The minimum Gasteiger partial charge on any atom is -0.297 e. The van der Waals surface area contributed by atoms with Gasteiger partial charge in [0.25, 0.3) is 5.56 Å². The summed E-state index contributed by atoms with van der Waals surface area (Å²) in [6, 6.07) is 7.33. The van der Waals surface area contributed by atoms with Crippen LogP contribution in [0.2, 0.25) is 0 Å². The van der Waals surface area contributed by atoms with Crippen LogP contribution in [0.1, 0.15) is 12.7 Å². The Morgan fingerprint density at radius 2 is 2.13 bits per heavy atom. The fourth-order valence-electron chi connectivity index (χ4n) is 1.70. The Hall–Kier alpha value is -1.58. The number of fused-ring (bicyclic) bond motifs is 1. The van der Waals surface area contributed by atoms with Gasteiger partial charge in [0, 0.05) is 6.54 Å². The molecule has 0 bridgehead atoms. The second-order valence-electron chi connectivity index (χ2n) is 3.30. The number of para-hydroxylation sites is 1. The number of nitrogens with zero attached hydrogens (tertiary/aromatic N) is 2. The summed E-state index contributed by atoms with van der Waals surface area (Å²) in [6.45, 7) is 2.51. The Bertz CT molecular complexity index is 548. The van der Waals surface area contributed by atoms with Crippen LogP contribution >= 0.6 is 0 Å². The minimum atomic E-state index is -0.0106. The number of benzene rings is 1. The van der Waals surface area contributed by atoms with Gasteiger partial charge in [-0.1, -0.05) is 12.1 Å². The van der Waals surface area contributed by atoms with Gasteiger partial charge in [-0.15, -0.1) is 0 Å². The van der Waals surface area contributed by atoms with Crippen molar-refractivity contribution in [3.05, 3.63) is 40.4 Å². The number of aromatic nitrogens is 2.